The van der Waals surface area contributed by atoms with Gasteiger partial charge < -0.3 is 10.6 Å². The number of aryl methyl sites for hydroxylation is 2. The van der Waals surface area contributed by atoms with Crippen molar-refractivity contribution < 1.29 is 17.6 Å². The van der Waals surface area contributed by atoms with E-state index in [4.69, 9.17) is 0 Å². The molecule has 1 aromatic rings. The van der Waals surface area contributed by atoms with Gasteiger partial charge in [-0.3, -0.25) is 4.79 Å². The van der Waals surface area contributed by atoms with Crippen LogP contribution in [0.25, 0.3) is 0 Å². The zero-order chi connectivity index (χ0) is 19.6. The van der Waals surface area contributed by atoms with Gasteiger partial charge in [0.05, 0.1) is 10.9 Å². The van der Waals surface area contributed by atoms with E-state index in [1.54, 1.807) is 13.8 Å². The van der Waals surface area contributed by atoms with Gasteiger partial charge in [-0.15, -0.1) is 12.4 Å². The summed E-state index contributed by atoms with van der Waals surface area (Å²) < 4.78 is 41.3. The van der Waals surface area contributed by atoms with Crippen molar-refractivity contribution in [1.82, 2.24) is 14.9 Å². The molecule has 0 bridgehead atoms. The van der Waals surface area contributed by atoms with Crippen LogP contribution in [0, 0.1) is 25.6 Å². The number of benzene rings is 1. The van der Waals surface area contributed by atoms with Gasteiger partial charge in [-0.25, -0.2) is 12.8 Å². The summed E-state index contributed by atoms with van der Waals surface area (Å²) in [6, 6.07) is 2.67. The first-order chi connectivity index (χ1) is 12.8. The number of carbonyl (C=O) groups is 1. The number of sulfonamides is 1. The fraction of sp³-hybridized carbons (Fsp3) is 0.632. The van der Waals surface area contributed by atoms with E-state index < -0.39 is 10.0 Å². The van der Waals surface area contributed by atoms with Gasteiger partial charge in [-0.1, -0.05) is 0 Å². The quantitative estimate of drug-likeness (QED) is 0.745. The third-order valence-electron chi connectivity index (χ3n) is 5.47. The Balaban J connectivity index is 0.00000280. The van der Waals surface area contributed by atoms with Gasteiger partial charge in [-0.2, -0.15) is 4.31 Å². The van der Waals surface area contributed by atoms with E-state index in [-0.39, 0.29) is 41.0 Å². The highest BCUT2D eigenvalue weighted by molar-refractivity contribution is 7.89. The molecule has 2 N–H and O–H groups in total. The van der Waals surface area contributed by atoms with Crippen LogP contribution < -0.4 is 10.6 Å². The molecular formula is C19H29ClFN3O3S. The van der Waals surface area contributed by atoms with E-state index in [0.717, 1.165) is 32.2 Å². The molecule has 2 fully saturated rings. The summed E-state index contributed by atoms with van der Waals surface area (Å²) in [6.07, 6.45) is 3.48. The minimum Gasteiger partial charge on any atom is -0.354 e. The molecule has 2 atom stereocenters. The van der Waals surface area contributed by atoms with Gasteiger partial charge in [0, 0.05) is 19.6 Å². The summed E-state index contributed by atoms with van der Waals surface area (Å²) in [6.45, 7) is 5.32. The highest BCUT2D eigenvalue weighted by atomic mass is 35.5. The number of piperidine rings is 1. The van der Waals surface area contributed by atoms with Gasteiger partial charge in [0.25, 0.3) is 0 Å². The fourth-order valence-corrected chi connectivity index (χ4v) is 5.62. The first-order valence-electron chi connectivity index (χ1n) is 9.57. The Labute approximate surface area is 172 Å². The summed E-state index contributed by atoms with van der Waals surface area (Å²) in [4.78, 5) is 12.3. The molecule has 158 valence electrons. The lowest BCUT2D eigenvalue weighted by atomic mass is 9.99. The van der Waals surface area contributed by atoms with Crippen LogP contribution in [-0.2, 0) is 14.8 Å². The lowest BCUT2D eigenvalue weighted by Crippen LogP contribution is -2.46. The molecule has 0 aliphatic carbocycles. The Morgan fingerprint density at radius 3 is 2.54 bits per heavy atom. The summed E-state index contributed by atoms with van der Waals surface area (Å²) >= 11 is 0. The first kappa shape index (κ1) is 23.1. The van der Waals surface area contributed by atoms with Crippen molar-refractivity contribution in [1.29, 1.82) is 0 Å². The summed E-state index contributed by atoms with van der Waals surface area (Å²) in [5.41, 5.74) is 0.664. The SMILES string of the molecule is Cc1cc(S(=O)(=O)N2CCCC(CNC(=O)C3CCCN3)C2)cc(C)c1F.Cl. The molecule has 2 saturated heterocycles. The second-order valence-electron chi connectivity index (χ2n) is 7.64. The number of hydrogen-bond donors (Lipinski definition) is 2. The number of nitrogens with zero attached hydrogens (tertiary/aromatic N) is 1. The van der Waals surface area contributed by atoms with Crippen LogP contribution in [0.5, 0.6) is 0 Å². The number of carbonyl (C=O) groups excluding carboxylic acids is 1. The van der Waals surface area contributed by atoms with Crippen LogP contribution >= 0.6 is 12.4 Å². The average Bonchev–Trinajstić information content (AvgIpc) is 3.19. The molecular weight excluding hydrogens is 405 g/mol. The maximum atomic E-state index is 13.9. The van der Waals surface area contributed by atoms with Crippen LogP contribution in [0.2, 0.25) is 0 Å². The average molecular weight is 434 g/mol. The molecule has 0 radical (unpaired) electrons. The third kappa shape index (κ3) is 5.03. The van der Waals surface area contributed by atoms with Gasteiger partial charge in [0.2, 0.25) is 15.9 Å². The zero-order valence-corrected chi connectivity index (χ0v) is 18.0. The number of halogens is 2. The Morgan fingerprint density at radius 2 is 1.93 bits per heavy atom. The van der Waals surface area contributed by atoms with Crippen molar-refractivity contribution in [3.8, 4) is 0 Å². The minimum absolute atomic E-state index is 0. The number of hydrogen-bond acceptors (Lipinski definition) is 4. The monoisotopic (exact) mass is 433 g/mol. The van der Waals surface area contributed by atoms with Gasteiger partial charge in [0.15, 0.2) is 0 Å². The second kappa shape index (κ2) is 9.52. The number of nitrogens with one attached hydrogen (secondary N) is 2. The zero-order valence-electron chi connectivity index (χ0n) is 16.3. The lowest BCUT2D eigenvalue weighted by molar-refractivity contribution is -0.123. The van der Waals surface area contributed by atoms with Crippen molar-refractivity contribution in [3.05, 3.63) is 29.1 Å². The Hall–Kier alpha value is -1.22. The van der Waals surface area contributed by atoms with Crippen molar-refractivity contribution in [2.45, 2.75) is 50.5 Å². The van der Waals surface area contributed by atoms with Crippen molar-refractivity contribution in [2.75, 3.05) is 26.2 Å². The van der Waals surface area contributed by atoms with Crippen LogP contribution in [0.1, 0.15) is 36.8 Å². The van der Waals surface area contributed by atoms with Crippen LogP contribution in [0.4, 0.5) is 4.39 Å². The number of amides is 1. The first-order valence-corrected chi connectivity index (χ1v) is 11.0. The molecule has 0 saturated carbocycles. The van der Waals surface area contributed by atoms with Crippen LogP contribution in [0.15, 0.2) is 17.0 Å². The van der Waals surface area contributed by atoms with Gasteiger partial charge >= 0.3 is 0 Å². The highest BCUT2D eigenvalue weighted by Crippen LogP contribution is 2.26. The highest BCUT2D eigenvalue weighted by Gasteiger charge is 2.31. The molecule has 28 heavy (non-hydrogen) atoms. The number of rotatable bonds is 5. The molecule has 3 rings (SSSR count). The third-order valence-corrected chi connectivity index (χ3v) is 7.31. The predicted octanol–water partition coefficient (Wildman–Crippen LogP) is 2.13. The second-order valence-corrected chi connectivity index (χ2v) is 9.57. The Kier molecular flexibility index (Phi) is 7.84. The molecule has 6 nitrogen and oxygen atoms in total. The van der Waals surface area contributed by atoms with E-state index in [1.165, 1.54) is 16.4 Å². The lowest BCUT2D eigenvalue weighted by Gasteiger charge is -2.32. The molecule has 0 aromatic heterocycles. The molecule has 2 unspecified atom stereocenters. The van der Waals surface area contributed by atoms with E-state index in [0.29, 0.717) is 30.8 Å². The molecule has 1 amide bonds. The molecule has 1 aromatic carbocycles. The Morgan fingerprint density at radius 1 is 1.25 bits per heavy atom. The minimum atomic E-state index is -3.67. The molecule has 2 aliphatic heterocycles. The normalized spacial score (nSPS) is 23.2. The van der Waals surface area contributed by atoms with E-state index in [9.17, 15) is 17.6 Å². The van der Waals surface area contributed by atoms with E-state index >= 15 is 0 Å². The smallest absolute Gasteiger partial charge is 0.243 e. The summed E-state index contributed by atoms with van der Waals surface area (Å²) in [5.74, 6) is -0.285. The summed E-state index contributed by atoms with van der Waals surface area (Å²) in [5, 5.41) is 6.12. The van der Waals surface area contributed by atoms with Crippen LogP contribution in [-0.4, -0.2) is 50.9 Å². The topological polar surface area (TPSA) is 78.5 Å². The largest absolute Gasteiger partial charge is 0.354 e. The maximum Gasteiger partial charge on any atom is 0.243 e. The Bertz CT molecular complexity index is 790. The van der Waals surface area contributed by atoms with E-state index in [1.807, 2.05) is 0 Å². The van der Waals surface area contributed by atoms with Gasteiger partial charge in [0.1, 0.15) is 5.82 Å². The maximum absolute atomic E-state index is 13.9. The molecule has 9 heteroatoms. The fourth-order valence-electron chi connectivity index (χ4n) is 3.89. The summed E-state index contributed by atoms with van der Waals surface area (Å²) in [7, 11) is -3.67. The standard InChI is InChI=1S/C19H28FN3O3S.ClH/c1-13-9-16(10-14(2)18(13)20)27(25,26)23-8-4-5-15(12-23)11-22-19(24)17-6-3-7-21-17;/h9-10,15,17,21H,3-8,11-12H2,1-2H3,(H,22,24);1H. The predicted molar refractivity (Wildman–Crippen MR) is 109 cm³/mol. The molecule has 0 spiro atoms. The molecule has 2 aliphatic rings. The van der Waals surface area contributed by atoms with Crippen molar-refractivity contribution in [2.24, 2.45) is 5.92 Å². The molecule has 2 heterocycles. The van der Waals surface area contributed by atoms with Crippen molar-refractivity contribution >= 4 is 28.3 Å². The van der Waals surface area contributed by atoms with E-state index in [2.05, 4.69) is 10.6 Å². The van der Waals surface area contributed by atoms with Crippen LogP contribution in [0.3, 0.4) is 0 Å². The van der Waals surface area contributed by atoms with Gasteiger partial charge in [-0.05, 0) is 75.3 Å². The van der Waals surface area contributed by atoms with Crippen molar-refractivity contribution in [3.63, 3.8) is 0 Å².